The Labute approximate surface area is 115 Å². The highest BCUT2D eigenvalue weighted by Crippen LogP contribution is 2.16. The van der Waals surface area contributed by atoms with Crippen LogP contribution in [0.25, 0.3) is 0 Å². The molecule has 0 aliphatic heterocycles. The molecule has 0 unspecified atom stereocenters. The van der Waals surface area contributed by atoms with Crippen LogP contribution in [0.2, 0.25) is 0 Å². The summed E-state index contributed by atoms with van der Waals surface area (Å²) in [5.74, 6) is 0.622. The molecule has 8 heteroatoms. The zero-order valence-electron chi connectivity index (χ0n) is 11.1. The van der Waals surface area contributed by atoms with Gasteiger partial charge in [0.2, 0.25) is 11.9 Å². The summed E-state index contributed by atoms with van der Waals surface area (Å²) >= 11 is 1.62. The van der Waals surface area contributed by atoms with E-state index in [0.717, 1.165) is 10.7 Å². The van der Waals surface area contributed by atoms with Crippen molar-refractivity contribution in [2.45, 2.75) is 20.4 Å². The molecule has 0 saturated carbocycles. The molecule has 0 radical (unpaired) electrons. The maximum absolute atomic E-state index is 5.64. The maximum atomic E-state index is 5.64. The topological polar surface area (TPSA) is 90.0 Å². The van der Waals surface area contributed by atoms with Crippen LogP contribution in [0, 0.1) is 6.92 Å². The standard InChI is InChI=1S/C11H16N6OS/c1-4-18-11-15-9(12)14-10(16-11)17(3)5-8-6-19-7(2)13-8/h6H,4-5H2,1-3H3,(H2,12,14,15,16). The van der Waals surface area contributed by atoms with Crippen molar-refractivity contribution in [3.63, 3.8) is 0 Å². The predicted molar refractivity (Wildman–Crippen MR) is 74.4 cm³/mol. The maximum Gasteiger partial charge on any atom is 0.323 e. The second kappa shape index (κ2) is 5.79. The molecule has 2 heterocycles. The number of aryl methyl sites for hydroxylation is 1. The molecule has 0 spiro atoms. The fourth-order valence-electron chi connectivity index (χ4n) is 1.52. The van der Waals surface area contributed by atoms with E-state index < -0.39 is 0 Å². The summed E-state index contributed by atoms with van der Waals surface area (Å²) in [6.45, 7) is 4.93. The molecular formula is C11H16N6OS. The monoisotopic (exact) mass is 280 g/mol. The molecule has 7 nitrogen and oxygen atoms in total. The Balaban J connectivity index is 2.15. The number of aromatic nitrogens is 4. The van der Waals surface area contributed by atoms with Crippen LogP contribution in [0.5, 0.6) is 6.01 Å². The van der Waals surface area contributed by atoms with E-state index >= 15 is 0 Å². The highest BCUT2D eigenvalue weighted by molar-refractivity contribution is 7.09. The number of thiazole rings is 1. The van der Waals surface area contributed by atoms with E-state index in [2.05, 4.69) is 19.9 Å². The summed E-state index contributed by atoms with van der Waals surface area (Å²) in [4.78, 5) is 18.5. The van der Waals surface area contributed by atoms with Crippen LogP contribution in [-0.4, -0.2) is 33.6 Å². The first-order valence-corrected chi connectivity index (χ1v) is 6.73. The Morgan fingerprint density at radius 2 is 2.11 bits per heavy atom. The molecular weight excluding hydrogens is 264 g/mol. The third kappa shape index (κ3) is 3.50. The number of nitrogen functional groups attached to an aromatic ring is 1. The van der Waals surface area contributed by atoms with E-state index in [0.29, 0.717) is 19.1 Å². The first-order chi connectivity index (χ1) is 9.08. The highest BCUT2D eigenvalue weighted by atomic mass is 32.1. The summed E-state index contributed by atoms with van der Waals surface area (Å²) in [6, 6.07) is 0.242. The molecule has 0 atom stereocenters. The first-order valence-electron chi connectivity index (χ1n) is 5.85. The summed E-state index contributed by atoms with van der Waals surface area (Å²) in [6.07, 6.45) is 0. The van der Waals surface area contributed by atoms with Crippen molar-refractivity contribution >= 4 is 23.2 Å². The molecule has 2 N–H and O–H groups in total. The molecule has 2 aromatic heterocycles. The normalized spacial score (nSPS) is 10.5. The smallest absolute Gasteiger partial charge is 0.323 e. The van der Waals surface area contributed by atoms with Crippen molar-refractivity contribution in [3.8, 4) is 6.01 Å². The number of hydrogen-bond acceptors (Lipinski definition) is 8. The number of ether oxygens (including phenoxy) is 1. The minimum Gasteiger partial charge on any atom is -0.464 e. The van der Waals surface area contributed by atoms with Crippen LogP contribution in [0.1, 0.15) is 17.6 Å². The summed E-state index contributed by atoms with van der Waals surface area (Å²) < 4.78 is 5.25. The first kappa shape index (κ1) is 13.5. The molecule has 0 amide bonds. The van der Waals surface area contributed by atoms with Crippen LogP contribution < -0.4 is 15.4 Å². The summed E-state index contributed by atoms with van der Waals surface area (Å²) in [7, 11) is 1.87. The lowest BCUT2D eigenvalue weighted by Gasteiger charge is -2.16. The van der Waals surface area contributed by atoms with Crippen molar-refractivity contribution in [1.82, 2.24) is 19.9 Å². The third-order valence-corrected chi connectivity index (χ3v) is 3.12. The molecule has 0 saturated heterocycles. The Bertz CT molecular complexity index is 558. The van der Waals surface area contributed by atoms with Crippen molar-refractivity contribution in [2.75, 3.05) is 24.3 Å². The van der Waals surface area contributed by atoms with Gasteiger partial charge < -0.3 is 15.4 Å². The third-order valence-electron chi connectivity index (χ3n) is 2.30. The van der Waals surface area contributed by atoms with Crippen molar-refractivity contribution in [3.05, 3.63) is 16.1 Å². The predicted octanol–water partition coefficient (Wildman–Crippen LogP) is 1.25. The van der Waals surface area contributed by atoms with E-state index in [1.165, 1.54) is 0 Å². The zero-order chi connectivity index (χ0) is 13.8. The van der Waals surface area contributed by atoms with Crippen LogP contribution in [-0.2, 0) is 6.54 Å². The fourth-order valence-corrected chi connectivity index (χ4v) is 2.12. The van der Waals surface area contributed by atoms with Gasteiger partial charge in [0.05, 0.1) is 23.9 Å². The largest absolute Gasteiger partial charge is 0.464 e. The lowest BCUT2D eigenvalue weighted by atomic mass is 10.4. The quantitative estimate of drug-likeness (QED) is 0.881. The zero-order valence-corrected chi connectivity index (χ0v) is 11.9. The van der Waals surface area contributed by atoms with Gasteiger partial charge in [-0.3, -0.25) is 0 Å². The van der Waals surface area contributed by atoms with Crippen molar-refractivity contribution in [2.24, 2.45) is 0 Å². The van der Waals surface area contributed by atoms with E-state index in [4.69, 9.17) is 10.5 Å². The van der Waals surface area contributed by atoms with Crippen LogP contribution in [0.4, 0.5) is 11.9 Å². The Morgan fingerprint density at radius 1 is 1.32 bits per heavy atom. The van der Waals surface area contributed by atoms with Gasteiger partial charge in [0.25, 0.3) is 0 Å². The molecule has 19 heavy (non-hydrogen) atoms. The number of hydrogen-bond donors (Lipinski definition) is 1. The van der Waals surface area contributed by atoms with Crippen molar-refractivity contribution in [1.29, 1.82) is 0 Å². The molecule has 0 aliphatic carbocycles. The molecule has 102 valence electrons. The number of nitrogens with two attached hydrogens (primary N) is 1. The van der Waals surface area contributed by atoms with Crippen LogP contribution >= 0.6 is 11.3 Å². The average molecular weight is 280 g/mol. The van der Waals surface area contributed by atoms with Gasteiger partial charge in [0.15, 0.2) is 0 Å². The van der Waals surface area contributed by atoms with Gasteiger partial charge in [-0.25, -0.2) is 4.98 Å². The van der Waals surface area contributed by atoms with Gasteiger partial charge >= 0.3 is 6.01 Å². The molecule has 2 aromatic rings. The highest BCUT2D eigenvalue weighted by Gasteiger charge is 2.11. The Morgan fingerprint density at radius 3 is 2.74 bits per heavy atom. The number of anilines is 2. The molecule has 0 aliphatic rings. The van der Waals surface area contributed by atoms with Gasteiger partial charge in [-0.2, -0.15) is 15.0 Å². The van der Waals surface area contributed by atoms with Crippen LogP contribution in [0.15, 0.2) is 5.38 Å². The molecule has 0 aromatic carbocycles. The van der Waals surface area contributed by atoms with Crippen LogP contribution in [0.3, 0.4) is 0 Å². The van der Waals surface area contributed by atoms with Gasteiger partial charge in [-0.15, -0.1) is 11.3 Å². The molecule has 2 rings (SSSR count). The lowest BCUT2D eigenvalue weighted by Crippen LogP contribution is -2.20. The lowest BCUT2D eigenvalue weighted by molar-refractivity contribution is 0.312. The van der Waals surface area contributed by atoms with E-state index in [-0.39, 0.29) is 12.0 Å². The average Bonchev–Trinajstić information content (AvgIpc) is 2.74. The van der Waals surface area contributed by atoms with Gasteiger partial charge in [-0.05, 0) is 13.8 Å². The summed E-state index contributed by atoms with van der Waals surface area (Å²) in [5, 5.41) is 3.05. The molecule has 0 bridgehead atoms. The van der Waals surface area contributed by atoms with E-state index in [1.807, 2.05) is 31.2 Å². The van der Waals surface area contributed by atoms with E-state index in [1.54, 1.807) is 11.3 Å². The minimum absolute atomic E-state index is 0.148. The van der Waals surface area contributed by atoms with Gasteiger partial charge in [0.1, 0.15) is 0 Å². The number of rotatable bonds is 5. The number of nitrogens with zero attached hydrogens (tertiary/aromatic N) is 5. The Kier molecular flexibility index (Phi) is 4.10. The SMILES string of the molecule is CCOc1nc(N)nc(N(C)Cc2csc(C)n2)n1. The van der Waals surface area contributed by atoms with Gasteiger partial charge in [-0.1, -0.05) is 0 Å². The van der Waals surface area contributed by atoms with E-state index in [9.17, 15) is 0 Å². The second-order valence-corrected chi connectivity index (χ2v) is 4.99. The minimum atomic E-state index is 0.148. The van der Waals surface area contributed by atoms with Gasteiger partial charge in [0, 0.05) is 12.4 Å². The van der Waals surface area contributed by atoms with Crippen molar-refractivity contribution < 1.29 is 4.74 Å². The Hall–Kier alpha value is -1.96. The molecule has 0 fully saturated rings. The second-order valence-electron chi connectivity index (χ2n) is 3.92. The summed E-state index contributed by atoms with van der Waals surface area (Å²) in [5.41, 5.74) is 6.62. The fraction of sp³-hybridized carbons (Fsp3) is 0.455.